The first-order valence-corrected chi connectivity index (χ1v) is 6.70. The fourth-order valence-corrected chi connectivity index (χ4v) is 2.24. The molecule has 1 atom stereocenters. The van der Waals surface area contributed by atoms with Crippen molar-refractivity contribution in [3.8, 4) is 5.75 Å². The first kappa shape index (κ1) is 13.3. The summed E-state index contributed by atoms with van der Waals surface area (Å²) in [5, 5.41) is 16.5. The Morgan fingerprint density at radius 2 is 2.33 bits per heavy atom. The van der Waals surface area contributed by atoms with E-state index >= 15 is 0 Å². The maximum Gasteiger partial charge on any atom is 0.321 e. The molecule has 0 fully saturated rings. The molecular weight excluding hydrogens is 272 g/mol. The van der Waals surface area contributed by atoms with E-state index in [0.29, 0.717) is 13.2 Å². The van der Waals surface area contributed by atoms with Crippen LogP contribution in [0.4, 0.5) is 10.7 Å². The number of nitrogens with zero attached hydrogens (tertiary/aromatic N) is 4. The lowest BCUT2D eigenvalue weighted by Gasteiger charge is -2.25. The van der Waals surface area contributed by atoms with E-state index in [0.717, 1.165) is 12.2 Å². The number of amides is 2. The van der Waals surface area contributed by atoms with Crippen LogP contribution in [-0.2, 0) is 13.5 Å². The number of hydrogen-bond donors (Lipinski definition) is 2. The van der Waals surface area contributed by atoms with Gasteiger partial charge in [-0.2, -0.15) is 4.80 Å². The van der Waals surface area contributed by atoms with Crippen molar-refractivity contribution in [1.29, 1.82) is 0 Å². The molecule has 110 valence electrons. The molecule has 0 spiro atoms. The molecule has 8 nitrogen and oxygen atoms in total. The molecule has 0 saturated heterocycles. The Bertz CT molecular complexity index is 641. The molecule has 2 heterocycles. The van der Waals surface area contributed by atoms with Crippen LogP contribution in [0.15, 0.2) is 24.3 Å². The Kier molecular flexibility index (Phi) is 3.67. The Labute approximate surface area is 121 Å². The number of benzene rings is 1. The average Bonchev–Trinajstić information content (AvgIpc) is 2.90. The second-order valence-corrected chi connectivity index (χ2v) is 4.93. The number of aromatic nitrogens is 4. The van der Waals surface area contributed by atoms with Gasteiger partial charge in [0, 0.05) is 12.5 Å². The quantitative estimate of drug-likeness (QED) is 0.861. The lowest BCUT2D eigenvalue weighted by Crippen LogP contribution is -2.37. The topological polar surface area (TPSA) is 94.0 Å². The highest BCUT2D eigenvalue weighted by Crippen LogP contribution is 2.26. The summed E-state index contributed by atoms with van der Waals surface area (Å²) in [7, 11) is 1.63. The minimum Gasteiger partial charge on any atom is -0.493 e. The van der Waals surface area contributed by atoms with Crippen molar-refractivity contribution in [3.05, 3.63) is 29.8 Å². The SMILES string of the molecule is Cn1nnc(NC(=O)NCC2COc3ccccc3C2)n1. The zero-order valence-electron chi connectivity index (χ0n) is 11.6. The predicted octanol–water partition coefficient (Wildman–Crippen LogP) is 0.583. The van der Waals surface area contributed by atoms with E-state index < -0.39 is 0 Å². The number of urea groups is 1. The van der Waals surface area contributed by atoms with Gasteiger partial charge in [0.25, 0.3) is 5.95 Å². The summed E-state index contributed by atoms with van der Waals surface area (Å²) < 4.78 is 5.68. The normalized spacial score (nSPS) is 16.7. The van der Waals surface area contributed by atoms with Crippen molar-refractivity contribution >= 4 is 12.0 Å². The van der Waals surface area contributed by atoms with Gasteiger partial charge in [-0.15, -0.1) is 5.10 Å². The Morgan fingerprint density at radius 1 is 1.48 bits per heavy atom. The third kappa shape index (κ3) is 3.28. The summed E-state index contributed by atoms with van der Waals surface area (Å²) in [5.41, 5.74) is 1.17. The van der Waals surface area contributed by atoms with E-state index in [-0.39, 0.29) is 17.9 Å². The van der Waals surface area contributed by atoms with Crippen LogP contribution in [0.2, 0.25) is 0 Å². The number of para-hydroxylation sites is 1. The standard InChI is InChI=1S/C13H16N6O2/c1-19-17-12(16-18-19)15-13(20)14-7-9-6-10-4-2-3-5-11(10)21-8-9/h2-5,9H,6-8H2,1H3,(H2,14,15,17,20). The molecule has 21 heavy (non-hydrogen) atoms. The van der Waals surface area contributed by atoms with Crippen molar-refractivity contribution in [1.82, 2.24) is 25.5 Å². The monoisotopic (exact) mass is 288 g/mol. The van der Waals surface area contributed by atoms with E-state index in [2.05, 4.69) is 26.0 Å². The molecule has 1 aromatic heterocycles. The van der Waals surface area contributed by atoms with Gasteiger partial charge in [0.15, 0.2) is 0 Å². The Morgan fingerprint density at radius 3 is 3.14 bits per heavy atom. The van der Waals surface area contributed by atoms with Crippen LogP contribution in [0.5, 0.6) is 5.75 Å². The van der Waals surface area contributed by atoms with Crippen LogP contribution in [0.1, 0.15) is 5.56 Å². The second kappa shape index (κ2) is 5.78. The van der Waals surface area contributed by atoms with Gasteiger partial charge < -0.3 is 10.1 Å². The third-order valence-electron chi connectivity index (χ3n) is 3.24. The van der Waals surface area contributed by atoms with Crippen molar-refractivity contribution in [3.63, 3.8) is 0 Å². The Balaban J connectivity index is 1.49. The first-order chi connectivity index (χ1) is 10.2. The third-order valence-corrected chi connectivity index (χ3v) is 3.24. The molecule has 8 heteroatoms. The van der Waals surface area contributed by atoms with Gasteiger partial charge in [0.2, 0.25) is 0 Å². The number of fused-ring (bicyclic) bond motifs is 1. The molecule has 1 unspecified atom stereocenters. The van der Waals surface area contributed by atoms with Gasteiger partial charge in [-0.25, -0.2) is 4.79 Å². The molecule has 0 saturated carbocycles. The van der Waals surface area contributed by atoms with Crippen molar-refractivity contribution in [2.24, 2.45) is 13.0 Å². The summed E-state index contributed by atoms with van der Waals surface area (Å²) in [4.78, 5) is 13.0. The lowest BCUT2D eigenvalue weighted by molar-refractivity contribution is 0.215. The zero-order chi connectivity index (χ0) is 14.7. The van der Waals surface area contributed by atoms with E-state index in [9.17, 15) is 4.79 Å². The van der Waals surface area contributed by atoms with Gasteiger partial charge in [-0.05, 0) is 23.3 Å². The maximum absolute atomic E-state index is 11.7. The van der Waals surface area contributed by atoms with Crippen molar-refractivity contribution < 1.29 is 9.53 Å². The fraction of sp³-hybridized carbons (Fsp3) is 0.385. The first-order valence-electron chi connectivity index (χ1n) is 6.70. The van der Waals surface area contributed by atoms with E-state index in [1.54, 1.807) is 7.05 Å². The highest BCUT2D eigenvalue weighted by molar-refractivity contribution is 5.87. The van der Waals surface area contributed by atoms with Gasteiger partial charge in [0.05, 0.1) is 13.7 Å². The van der Waals surface area contributed by atoms with Gasteiger partial charge in [-0.1, -0.05) is 23.3 Å². The summed E-state index contributed by atoms with van der Waals surface area (Å²) in [6.45, 7) is 1.13. The smallest absolute Gasteiger partial charge is 0.321 e. The molecule has 1 aliphatic rings. The summed E-state index contributed by atoms with van der Waals surface area (Å²) in [5.74, 6) is 1.36. The number of hydrogen-bond acceptors (Lipinski definition) is 5. The fourth-order valence-electron chi connectivity index (χ4n) is 2.24. The van der Waals surface area contributed by atoms with Crippen LogP contribution in [0.25, 0.3) is 0 Å². The summed E-state index contributed by atoms with van der Waals surface area (Å²) >= 11 is 0. The molecule has 0 bridgehead atoms. The number of anilines is 1. The van der Waals surface area contributed by atoms with Gasteiger partial charge in [-0.3, -0.25) is 5.32 Å². The minimum atomic E-state index is -0.346. The van der Waals surface area contributed by atoms with Crippen LogP contribution in [0.3, 0.4) is 0 Å². The highest BCUT2D eigenvalue weighted by atomic mass is 16.5. The number of ether oxygens (including phenoxy) is 1. The molecule has 3 rings (SSSR count). The molecule has 2 N–H and O–H groups in total. The summed E-state index contributed by atoms with van der Waals surface area (Å²) in [6, 6.07) is 7.61. The van der Waals surface area contributed by atoms with E-state index in [1.165, 1.54) is 10.4 Å². The minimum absolute atomic E-state index is 0.181. The molecule has 1 aromatic carbocycles. The second-order valence-electron chi connectivity index (χ2n) is 4.93. The summed E-state index contributed by atoms with van der Waals surface area (Å²) in [6.07, 6.45) is 0.889. The zero-order valence-corrected chi connectivity index (χ0v) is 11.6. The Hall–Kier alpha value is -2.64. The maximum atomic E-state index is 11.7. The number of aryl methyl sites for hydroxylation is 1. The number of tetrazole rings is 1. The van der Waals surface area contributed by atoms with Crippen LogP contribution >= 0.6 is 0 Å². The number of rotatable bonds is 3. The number of carbonyl (C=O) groups excluding carboxylic acids is 1. The molecular formula is C13H16N6O2. The van der Waals surface area contributed by atoms with Crippen molar-refractivity contribution in [2.45, 2.75) is 6.42 Å². The van der Waals surface area contributed by atoms with E-state index in [4.69, 9.17) is 4.74 Å². The average molecular weight is 288 g/mol. The molecule has 2 amide bonds. The molecule has 2 aromatic rings. The van der Waals surface area contributed by atoms with Crippen LogP contribution in [0, 0.1) is 5.92 Å². The number of nitrogens with one attached hydrogen (secondary N) is 2. The van der Waals surface area contributed by atoms with Crippen LogP contribution < -0.4 is 15.4 Å². The lowest BCUT2D eigenvalue weighted by atomic mass is 9.97. The van der Waals surface area contributed by atoms with Crippen LogP contribution in [-0.4, -0.2) is 39.4 Å². The van der Waals surface area contributed by atoms with Gasteiger partial charge >= 0.3 is 6.03 Å². The van der Waals surface area contributed by atoms with E-state index in [1.807, 2.05) is 24.3 Å². The number of carbonyl (C=O) groups is 1. The molecule has 0 aliphatic carbocycles. The van der Waals surface area contributed by atoms with Gasteiger partial charge in [0.1, 0.15) is 5.75 Å². The van der Waals surface area contributed by atoms with Crippen molar-refractivity contribution in [2.75, 3.05) is 18.5 Å². The molecule has 0 radical (unpaired) electrons. The largest absolute Gasteiger partial charge is 0.493 e. The molecule has 1 aliphatic heterocycles. The predicted molar refractivity (Wildman–Crippen MR) is 75.0 cm³/mol. The highest BCUT2D eigenvalue weighted by Gasteiger charge is 2.20.